The standard InChI is InChI=1S/C18H23ClN2O/c1-2-12-22-17-8-5-7-16(13-17)21-11-10-20-14-15-6-3-4-9-18(15)19/h3-9,13,20-21H,2,10-12,14H2,1H3. The zero-order chi connectivity index (χ0) is 15.6. The molecule has 2 aromatic rings. The van der Waals surface area contributed by atoms with Crippen molar-refractivity contribution >= 4 is 17.3 Å². The summed E-state index contributed by atoms with van der Waals surface area (Å²) >= 11 is 6.12. The Kier molecular flexibility index (Phi) is 7.07. The average molecular weight is 319 g/mol. The molecule has 0 aliphatic rings. The van der Waals surface area contributed by atoms with Crippen LogP contribution in [0.5, 0.6) is 5.75 Å². The predicted octanol–water partition coefficient (Wildman–Crippen LogP) is 4.33. The molecule has 0 radical (unpaired) electrons. The van der Waals surface area contributed by atoms with Crippen LogP contribution in [0.1, 0.15) is 18.9 Å². The van der Waals surface area contributed by atoms with Crippen LogP contribution >= 0.6 is 11.6 Å². The molecule has 2 N–H and O–H groups in total. The van der Waals surface area contributed by atoms with E-state index in [0.717, 1.165) is 54.7 Å². The van der Waals surface area contributed by atoms with Gasteiger partial charge in [0.2, 0.25) is 0 Å². The molecule has 3 nitrogen and oxygen atoms in total. The molecule has 0 spiro atoms. The van der Waals surface area contributed by atoms with E-state index in [2.05, 4.69) is 17.6 Å². The van der Waals surface area contributed by atoms with E-state index in [0.29, 0.717) is 0 Å². The third-order valence-electron chi connectivity index (χ3n) is 3.21. The molecule has 2 aromatic carbocycles. The summed E-state index contributed by atoms with van der Waals surface area (Å²) in [6, 6.07) is 16.0. The predicted molar refractivity (Wildman–Crippen MR) is 93.9 cm³/mol. The molecule has 0 atom stereocenters. The maximum Gasteiger partial charge on any atom is 0.121 e. The first-order chi connectivity index (χ1) is 10.8. The van der Waals surface area contributed by atoms with E-state index in [1.54, 1.807) is 0 Å². The van der Waals surface area contributed by atoms with E-state index in [4.69, 9.17) is 16.3 Å². The van der Waals surface area contributed by atoms with Crippen LogP contribution in [0.25, 0.3) is 0 Å². The first kappa shape index (κ1) is 16.7. The van der Waals surface area contributed by atoms with Gasteiger partial charge in [-0.2, -0.15) is 0 Å². The Hall–Kier alpha value is -1.71. The van der Waals surface area contributed by atoms with Gasteiger partial charge in [-0.15, -0.1) is 0 Å². The smallest absolute Gasteiger partial charge is 0.121 e. The number of hydrogen-bond donors (Lipinski definition) is 2. The van der Waals surface area contributed by atoms with Crippen LogP contribution in [0.4, 0.5) is 5.69 Å². The van der Waals surface area contributed by atoms with E-state index >= 15 is 0 Å². The SMILES string of the molecule is CCCOc1cccc(NCCNCc2ccccc2Cl)c1. The van der Waals surface area contributed by atoms with Crippen molar-refractivity contribution in [2.45, 2.75) is 19.9 Å². The number of benzene rings is 2. The third-order valence-corrected chi connectivity index (χ3v) is 3.58. The molecule has 0 bridgehead atoms. The van der Waals surface area contributed by atoms with Crippen molar-refractivity contribution in [2.75, 3.05) is 25.0 Å². The Morgan fingerprint density at radius 2 is 1.91 bits per heavy atom. The monoisotopic (exact) mass is 318 g/mol. The van der Waals surface area contributed by atoms with Crippen LogP contribution < -0.4 is 15.4 Å². The van der Waals surface area contributed by atoms with Gasteiger partial charge in [0.05, 0.1) is 6.61 Å². The first-order valence-electron chi connectivity index (χ1n) is 7.70. The summed E-state index contributed by atoms with van der Waals surface area (Å²) in [5.41, 5.74) is 2.20. The molecular weight excluding hydrogens is 296 g/mol. The molecule has 0 aliphatic carbocycles. The summed E-state index contributed by atoms with van der Waals surface area (Å²) in [5.74, 6) is 0.913. The second-order valence-electron chi connectivity index (χ2n) is 5.07. The van der Waals surface area contributed by atoms with Crippen LogP contribution in [0, 0.1) is 0 Å². The fourth-order valence-electron chi connectivity index (χ4n) is 2.08. The quantitative estimate of drug-likeness (QED) is 0.675. The minimum Gasteiger partial charge on any atom is -0.494 e. The molecule has 0 heterocycles. The fraction of sp³-hybridized carbons (Fsp3) is 0.333. The number of nitrogens with one attached hydrogen (secondary N) is 2. The lowest BCUT2D eigenvalue weighted by Crippen LogP contribution is -2.21. The van der Waals surface area contributed by atoms with Crippen molar-refractivity contribution in [2.24, 2.45) is 0 Å². The second kappa shape index (κ2) is 9.34. The van der Waals surface area contributed by atoms with E-state index < -0.39 is 0 Å². The maximum atomic E-state index is 6.12. The lowest BCUT2D eigenvalue weighted by molar-refractivity contribution is 0.317. The van der Waals surface area contributed by atoms with Gasteiger partial charge in [0.15, 0.2) is 0 Å². The molecule has 4 heteroatoms. The Morgan fingerprint density at radius 3 is 2.73 bits per heavy atom. The summed E-state index contributed by atoms with van der Waals surface area (Å²) in [6.45, 7) is 5.35. The van der Waals surface area contributed by atoms with Crippen molar-refractivity contribution in [3.05, 3.63) is 59.1 Å². The molecule has 0 saturated carbocycles. The lowest BCUT2D eigenvalue weighted by Gasteiger charge is -2.10. The number of hydrogen-bond acceptors (Lipinski definition) is 3. The summed E-state index contributed by atoms with van der Waals surface area (Å²) in [5, 5.41) is 7.58. The van der Waals surface area contributed by atoms with Gasteiger partial charge in [-0.3, -0.25) is 0 Å². The zero-order valence-corrected chi connectivity index (χ0v) is 13.7. The molecule has 118 valence electrons. The van der Waals surface area contributed by atoms with Gasteiger partial charge in [-0.1, -0.05) is 42.8 Å². The minimum atomic E-state index is 0.753. The fourth-order valence-corrected chi connectivity index (χ4v) is 2.28. The van der Waals surface area contributed by atoms with Gasteiger partial charge in [0, 0.05) is 36.4 Å². The molecule has 0 amide bonds. The lowest BCUT2D eigenvalue weighted by atomic mass is 10.2. The Labute approximate surface area is 137 Å². The highest BCUT2D eigenvalue weighted by Gasteiger charge is 1.99. The molecule has 2 rings (SSSR count). The van der Waals surface area contributed by atoms with Gasteiger partial charge in [0.1, 0.15) is 5.75 Å². The summed E-state index contributed by atoms with van der Waals surface area (Å²) in [4.78, 5) is 0. The Morgan fingerprint density at radius 1 is 1.05 bits per heavy atom. The van der Waals surface area contributed by atoms with Crippen molar-refractivity contribution in [3.63, 3.8) is 0 Å². The number of halogens is 1. The van der Waals surface area contributed by atoms with Crippen LogP contribution in [0.15, 0.2) is 48.5 Å². The number of ether oxygens (including phenoxy) is 1. The molecule has 0 unspecified atom stereocenters. The highest BCUT2D eigenvalue weighted by molar-refractivity contribution is 6.31. The summed E-state index contributed by atoms with van der Waals surface area (Å²) in [6.07, 6.45) is 1.02. The normalized spacial score (nSPS) is 10.5. The van der Waals surface area contributed by atoms with Gasteiger partial charge < -0.3 is 15.4 Å². The first-order valence-corrected chi connectivity index (χ1v) is 8.08. The Bertz CT molecular complexity index is 575. The largest absolute Gasteiger partial charge is 0.494 e. The van der Waals surface area contributed by atoms with Gasteiger partial charge >= 0.3 is 0 Å². The topological polar surface area (TPSA) is 33.3 Å². The highest BCUT2D eigenvalue weighted by atomic mass is 35.5. The van der Waals surface area contributed by atoms with Gasteiger partial charge in [0.25, 0.3) is 0 Å². The van der Waals surface area contributed by atoms with E-state index in [1.165, 1.54) is 0 Å². The molecule has 0 fully saturated rings. The van der Waals surface area contributed by atoms with Crippen molar-refractivity contribution in [1.82, 2.24) is 5.32 Å². The zero-order valence-electron chi connectivity index (χ0n) is 12.9. The average Bonchev–Trinajstić information content (AvgIpc) is 2.55. The van der Waals surface area contributed by atoms with Crippen molar-refractivity contribution in [1.29, 1.82) is 0 Å². The molecule has 0 aromatic heterocycles. The van der Waals surface area contributed by atoms with Crippen LogP contribution in [-0.4, -0.2) is 19.7 Å². The highest BCUT2D eigenvalue weighted by Crippen LogP contribution is 2.17. The van der Waals surface area contributed by atoms with E-state index in [-0.39, 0.29) is 0 Å². The third kappa shape index (κ3) is 5.58. The van der Waals surface area contributed by atoms with Gasteiger partial charge in [-0.25, -0.2) is 0 Å². The summed E-state index contributed by atoms with van der Waals surface area (Å²) in [7, 11) is 0. The number of rotatable bonds is 9. The molecule has 22 heavy (non-hydrogen) atoms. The molecular formula is C18H23ClN2O. The number of anilines is 1. The van der Waals surface area contributed by atoms with Gasteiger partial charge in [-0.05, 0) is 30.2 Å². The van der Waals surface area contributed by atoms with E-state index in [1.807, 2.05) is 48.5 Å². The minimum absolute atomic E-state index is 0.753. The van der Waals surface area contributed by atoms with Crippen molar-refractivity contribution < 1.29 is 4.74 Å². The molecule has 0 aliphatic heterocycles. The van der Waals surface area contributed by atoms with Crippen molar-refractivity contribution in [3.8, 4) is 5.75 Å². The molecule has 0 saturated heterocycles. The Balaban J connectivity index is 1.69. The second-order valence-corrected chi connectivity index (χ2v) is 5.48. The maximum absolute atomic E-state index is 6.12. The summed E-state index contributed by atoms with van der Waals surface area (Å²) < 4.78 is 5.62. The van der Waals surface area contributed by atoms with Crippen LogP contribution in [0.3, 0.4) is 0 Å². The van der Waals surface area contributed by atoms with Crippen LogP contribution in [0.2, 0.25) is 5.02 Å². The van der Waals surface area contributed by atoms with E-state index in [9.17, 15) is 0 Å². The van der Waals surface area contributed by atoms with Crippen LogP contribution in [-0.2, 0) is 6.54 Å².